The summed E-state index contributed by atoms with van der Waals surface area (Å²) < 4.78 is 1.41. The van der Waals surface area contributed by atoms with Gasteiger partial charge in [0, 0.05) is 30.1 Å². The lowest BCUT2D eigenvalue weighted by molar-refractivity contribution is -0.124. The van der Waals surface area contributed by atoms with Crippen LogP contribution in [0.4, 0.5) is 0 Å². The minimum atomic E-state index is -0.198. The molecule has 7 heteroatoms. The van der Waals surface area contributed by atoms with Gasteiger partial charge in [0.1, 0.15) is 6.04 Å². The van der Waals surface area contributed by atoms with Gasteiger partial charge in [0.25, 0.3) is 5.56 Å². The molecular weight excluding hydrogens is 342 g/mol. The number of nitrogens with zero attached hydrogens (tertiary/aromatic N) is 2. The number of hydrogen-bond acceptors (Lipinski definition) is 5. The molecule has 2 fully saturated rings. The summed E-state index contributed by atoms with van der Waals surface area (Å²) in [6, 6.07) is 13.2. The summed E-state index contributed by atoms with van der Waals surface area (Å²) in [6.45, 7) is 0.721. The van der Waals surface area contributed by atoms with Crippen molar-refractivity contribution in [1.82, 2.24) is 25.9 Å². The van der Waals surface area contributed by atoms with Gasteiger partial charge in [-0.25, -0.2) is 10.1 Å². The Morgan fingerprint density at radius 1 is 1.11 bits per heavy atom. The highest BCUT2D eigenvalue weighted by molar-refractivity contribution is 5.82. The number of rotatable bonds is 5. The van der Waals surface area contributed by atoms with Crippen LogP contribution in [-0.4, -0.2) is 34.3 Å². The Bertz CT molecular complexity index is 851. The lowest BCUT2D eigenvalue weighted by Crippen LogP contribution is -2.46. The predicted molar refractivity (Wildman–Crippen MR) is 103 cm³/mol. The van der Waals surface area contributed by atoms with Gasteiger partial charge in [0.2, 0.25) is 5.91 Å². The normalized spacial score (nSPS) is 24.4. The maximum atomic E-state index is 12.5. The van der Waals surface area contributed by atoms with Gasteiger partial charge in [0.05, 0.1) is 12.2 Å². The van der Waals surface area contributed by atoms with Crippen LogP contribution in [0.5, 0.6) is 0 Å². The highest BCUT2D eigenvalue weighted by atomic mass is 16.2. The molecule has 1 saturated heterocycles. The molecule has 3 unspecified atom stereocenters. The minimum Gasteiger partial charge on any atom is -0.353 e. The van der Waals surface area contributed by atoms with Crippen LogP contribution in [0.1, 0.15) is 25.7 Å². The molecule has 2 aromatic rings. The van der Waals surface area contributed by atoms with Crippen molar-refractivity contribution in [3.63, 3.8) is 0 Å². The van der Waals surface area contributed by atoms with Crippen LogP contribution < -0.4 is 21.7 Å². The molecule has 2 aliphatic rings. The van der Waals surface area contributed by atoms with Gasteiger partial charge in [-0.1, -0.05) is 43.2 Å². The summed E-state index contributed by atoms with van der Waals surface area (Å²) in [7, 11) is 0. The topological polar surface area (TPSA) is 88.0 Å². The largest absolute Gasteiger partial charge is 0.353 e. The first-order valence-electron chi connectivity index (χ1n) is 9.65. The van der Waals surface area contributed by atoms with E-state index in [4.69, 9.17) is 0 Å². The van der Waals surface area contributed by atoms with Crippen molar-refractivity contribution in [2.24, 2.45) is 5.92 Å². The number of nitrogens with one attached hydrogen (secondary N) is 3. The summed E-state index contributed by atoms with van der Waals surface area (Å²) in [5, 5.41) is 7.38. The third-order valence-corrected chi connectivity index (χ3v) is 5.51. The summed E-state index contributed by atoms with van der Waals surface area (Å²) in [4.78, 5) is 24.6. The van der Waals surface area contributed by atoms with Gasteiger partial charge in [-0.05, 0) is 18.9 Å². The van der Waals surface area contributed by atoms with Crippen molar-refractivity contribution in [2.75, 3.05) is 6.54 Å². The highest BCUT2D eigenvalue weighted by Gasteiger charge is 2.40. The van der Waals surface area contributed by atoms with Crippen molar-refractivity contribution in [3.8, 4) is 11.3 Å². The molecule has 1 amide bonds. The van der Waals surface area contributed by atoms with E-state index in [0.29, 0.717) is 25.0 Å². The molecule has 142 valence electrons. The third kappa shape index (κ3) is 3.94. The van der Waals surface area contributed by atoms with E-state index < -0.39 is 0 Å². The lowest BCUT2D eigenvalue weighted by atomic mass is 9.81. The van der Waals surface area contributed by atoms with Gasteiger partial charge >= 0.3 is 0 Å². The summed E-state index contributed by atoms with van der Waals surface area (Å²) in [6.07, 6.45) is 4.59. The second-order valence-corrected chi connectivity index (χ2v) is 7.26. The molecule has 1 aromatic heterocycles. The summed E-state index contributed by atoms with van der Waals surface area (Å²) in [5.74, 6) is 0.338. The molecular formula is C20H25N5O2. The van der Waals surface area contributed by atoms with E-state index >= 15 is 0 Å². The quantitative estimate of drug-likeness (QED) is 0.736. The maximum Gasteiger partial charge on any atom is 0.266 e. The molecule has 1 aromatic carbocycles. The van der Waals surface area contributed by atoms with Crippen LogP contribution in [0.2, 0.25) is 0 Å². The highest BCUT2D eigenvalue weighted by Crippen LogP contribution is 2.30. The van der Waals surface area contributed by atoms with Gasteiger partial charge < -0.3 is 5.32 Å². The van der Waals surface area contributed by atoms with E-state index in [1.165, 1.54) is 23.6 Å². The van der Waals surface area contributed by atoms with Crippen LogP contribution in [0.15, 0.2) is 47.3 Å². The Hall–Kier alpha value is -2.51. The molecule has 2 heterocycles. The maximum absolute atomic E-state index is 12.5. The monoisotopic (exact) mass is 367 g/mol. The van der Waals surface area contributed by atoms with Gasteiger partial charge in [-0.15, -0.1) is 0 Å². The fourth-order valence-electron chi connectivity index (χ4n) is 4.07. The van der Waals surface area contributed by atoms with Crippen molar-refractivity contribution in [2.45, 2.75) is 44.3 Å². The van der Waals surface area contributed by atoms with E-state index in [9.17, 15) is 9.59 Å². The van der Waals surface area contributed by atoms with E-state index in [-0.39, 0.29) is 17.5 Å². The zero-order valence-electron chi connectivity index (χ0n) is 15.2. The fraction of sp³-hybridized carbons (Fsp3) is 0.450. The minimum absolute atomic E-state index is 0.0100. The van der Waals surface area contributed by atoms with Gasteiger partial charge in [0.15, 0.2) is 0 Å². The van der Waals surface area contributed by atoms with Crippen molar-refractivity contribution < 1.29 is 4.79 Å². The second-order valence-electron chi connectivity index (χ2n) is 7.26. The molecule has 1 saturated carbocycles. The summed E-state index contributed by atoms with van der Waals surface area (Å²) >= 11 is 0. The van der Waals surface area contributed by atoms with Crippen LogP contribution in [0.3, 0.4) is 0 Å². The number of hydrogen-bond donors (Lipinski definition) is 3. The number of carbonyl (C=O) groups is 1. The molecule has 3 N–H and O–H groups in total. The number of hydrazine groups is 1. The van der Waals surface area contributed by atoms with E-state index in [1.807, 2.05) is 30.3 Å². The Balaban J connectivity index is 1.36. The fourth-order valence-corrected chi connectivity index (χ4v) is 4.07. The zero-order chi connectivity index (χ0) is 18.6. The number of amides is 1. The summed E-state index contributed by atoms with van der Waals surface area (Å²) in [5.41, 5.74) is 7.93. The molecule has 0 bridgehead atoms. The zero-order valence-corrected chi connectivity index (χ0v) is 15.2. The number of fused-ring (bicyclic) bond motifs is 1. The van der Waals surface area contributed by atoms with E-state index in [2.05, 4.69) is 21.3 Å². The van der Waals surface area contributed by atoms with Crippen molar-refractivity contribution >= 4 is 5.91 Å². The molecule has 4 rings (SSSR count). The molecule has 0 spiro atoms. The number of aromatic nitrogens is 2. The van der Waals surface area contributed by atoms with Crippen LogP contribution in [-0.2, 0) is 11.3 Å². The van der Waals surface area contributed by atoms with Crippen LogP contribution in [0, 0.1) is 5.92 Å². The second kappa shape index (κ2) is 8.02. The Morgan fingerprint density at radius 3 is 2.78 bits per heavy atom. The smallest absolute Gasteiger partial charge is 0.266 e. The third-order valence-electron chi connectivity index (χ3n) is 5.51. The molecule has 0 radical (unpaired) electrons. The first-order chi connectivity index (χ1) is 13.2. The Morgan fingerprint density at radius 2 is 1.93 bits per heavy atom. The molecule has 1 aliphatic carbocycles. The van der Waals surface area contributed by atoms with Crippen molar-refractivity contribution in [1.29, 1.82) is 0 Å². The first-order valence-corrected chi connectivity index (χ1v) is 9.65. The predicted octanol–water partition coefficient (Wildman–Crippen LogP) is 1.06. The average molecular weight is 367 g/mol. The molecule has 1 aliphatic heterocycles. The van der Waals surface area contributed by atoms with Gasteiger partial charge in [-0.3, -0.25) is 15.0 Å². The Labute approximate surface area is 158 Å². The standard InChI is InChI=1S/C20H25N5O2/c26-18-11-10-16(14-6-2-1-3-7-14)24-25(18)13-12-21-20(27)19-15-8-4-5-9-17(15)22-23-19/h1-3,6-7,10-11,15,17,19,22-23H,4-5,8-9,12-13H2,(H,21,27). The average Bonchev–Trinajstić information content (AvgIpc) is 3.14. The Kier molecular flexibility index (Phi) is 5.31. The SMILES string of the molecule is O=C(NCCn1nc(-c2ccccc2)ccc1=O)C1NNC2CCCCC21. The van der Waals surface area contributed by atoms with E-state index in [1.54, 1.807) is 6.07 Å². The lowest BCUT2D eigenvalue weighted by Gasteiger charge is -2.26. The van der Waals surface area contributed by atoms with E-state index in [0.717, 1.165) is 24.1 Å². The molecule has 3 atom stereocenters. The molecule has 7 nitrogen and oxygen atoms in total. The number of benzene rings is 1. The first kappa shape index (κ1) is 17.9. The number of carbonyl (C=O) groups excluding carboxylic acids is 1. The van der Waals surface area contributed by atoms with Crippen molar-refractivity contribution in [3.05, 3.63) is 52.8 Å². The molecule has 27 heavy (non-hydrogen) atoms. The van der Waals surface area contributed by atoms with Crippen LogP contribution >= 0.6 is 0 Å². The van der Waals surface area contributed by atoms with Gasteiger partial charge in [-0.2, -0.15) is 5.10 Å². The van der Waals surface area contributed by atoms with Crippen LogP contribution in [0.25, 0.3) is 11.3 Å².